The summed E-state index contributed by atoms with van der Waals surface area (Å²) in [7, 11) is -1.92. The van der Waals surface area contributed by atoms with E-state index in [4.69, 9.17) is 4.74 Å². The Kier molecular flexibility index (Phi) is 5.28. The first kappa shape index (κ1) is 18.0. The summed E-state index contributed by atoms with van der Waals surface area (Å²) >= 11 is 0. The fraction of sp³-hybridized carbons (Fsp3) is 0.375. The van der Waals surface area contributed by atoms with E-state index in [0.717, 1.165) is 34.6 Å². The van der Waals surface area contributed by atoms with Crippen LogP contribution in [-0.4, -0.2) is 37.5 Å². The summed E-state index contributed by atoms with van der Waals surface area (Å²) < 4.78 is 31.1. The van der Waals surface area contributed by atoms with Gasteiger partial charge in [0.2, 0.25) is 15.9 Å². The number of nitrogens with zero attached hydrogens (tertiary/aromatic N) is 2. The highest BCUT2D eigenvalue weighted by molar-refractivity contribution is 7.89. The summed E-state index contributed by atoms with van der Waals surface area (Å²) in [5, 5.41) is 4.52. The molecule has 0 spiro atoms. The van der Waals surface area contributed by atoms with Gasteiger partial charge in [-0.15, -0.1) is 0 Å². The van der Waals surface area contributed by atoms with Crippen molar-refractivity contribution >= 4 is 15.9 Å². The predicted molar refractivity (Wildman–Crippen MR) is 90.9 cm³/mol. The van der Waals surface area contributed by atoms with Gasteiger partial charge in [0, 0.05) is 18.2 Å². The van der Waals surface area contributed by atoms with E-state index in [-0.39, 0.29) is 6.42 Å². The van der Waals surface area contributed by atoms with Crippen molar-refractivity contribution in [1.29, 1.82) is 0 Å². The molecule has 0 atom stereocenters. The molecular formula is C16H21N3O4S. The van der Waals surface area contributed by atoms with E-state index in [1.54, 1.807) is 11.8 Å². The Balaban J connectivity index is 2.21. The topological polar surface area (TPSA) is 90.3 Å². The minimum Gasteiger partial charge on any atom is -0.497 e. The Bertz CT molecular complexity index is 856. The molecule has 0 aliphatic carbocycles. The zero-order valence-corrected chi connectivity index (χ0v) is 15.0. The van der Waals surface area contributed by atoms with E-state index in [9.17, 15) is 13.2 Å². The molecule has 0 unspecified atom stereocenters. The molecule has 0 radical (unpaired) electrons. The maximum atomic E-state index is 11.7. The molecule has 130 valence electrons. The first-order valence-corrected chi connectivity index (χ1v) is 9.30. The number of methoxy groups -OCH3 is 1. The molecule has 1 aromatic heterocycles. The van der Waals surface area contributed by atoms with Gasteiger partial charge in [-0.25, -0.2) is 13.1 Å². The van der Waals surface area contributed by atoms with Crippen molar-refractivity contribution in [3.63, 3.8) is 0 Å². The first-order valence-electron chi connectivity index (χ1n) is 7.41. The highest BCUT2D eigenvalue weighted by Crippen LogP contribution is 2.22. The molecule has 24 heavy (non-hydrogen) atoms. The summed E-state index contributed by atoms with van der Waals surface area (Å²) in [6, 6.07) is 7.52. The van der Waals surface area contributed by atoms with Gasteiger partial charge >= 0.3 is 0 Å². The van der Waals surface area contributed by atoms with Crippen molar-refractivity contribution < 1.29 is 17.9 Å². The van der Waals surface area contributed by atoms with E-state index in [1.807, 2.05) is 42.8 Å². The van der Waals surface area contributed by atoms with Crippen molar-refractivity contribution in [3.8, 4) is 11.4 Å². The monoisotopic (exact) mass is 351 g/mol. The van der Waals surface area contributed by atoms with Gasteiger partial charge in [-0.3, -0.25) is 9.52 Å². The highest BCUT2D eigenvalue weighted by Gasteiger charge is 2.15. The number of carbonyl (C=O) groups excluding carboxylic acids is 1. The number of sulfonamides is 1. The Morgan fingerprint density at radius 1 is 1.33 bits per heavy atom. The van der Waals surface area contributed by atoms with Crippen LogP contribution in [0.4, 0.5) is 0 Å². The summed E-state index contributed by atoms with van der Waals surface area (Å²) in [5.41, 5.74) is 3.51. The standard InChI is InChI=1S/C16H21N3O4S/c1-11-15(8-9-16(20)18-24(4,21)22)12(2)19(17-11)13-6-5-7-14(10-13)23-3/h5-7,10H,8-9H2,1-4H3,(H,18,20). The lowest BCUT2D eigenvalue weighted by Gasteiger charge is -2.07. The molecule has 0 bridgehead atoms. The lowest BCUT2D eigenvalue weighted by molar-refractivity contribution is -0.119. The van der Waals surface area contributed by atoms with Gasteiger partial charge in [0.25, 0.3) is 0 Å². The Morgan fingerprint density at radius 2 is 2.04 bits per heavy atom. The van der Waals surface area contributed by atoms with Crippen molar-refractivity contribution in [2.45, 2.75) is 26.7 Å². The second kappa shape index (κ2) is 7.04. The van der Waals surface area contributed by atoms with Gasteiger partial charge in [0.1, 0.15) is 5.75 Å². The second-order valence-corrected chi connectivity index (χ2v) is 7.31. The van der Waals surface area contributed by atoms with Crippen LogP contribution in [0.15, 0.2) is 24.3 Å². The highest BCUT2D eigenvalue weighted by atomic mass is 32.2. The van der Waals surface area contributed by atoms with Gasteiger partial charge < -0.3 is 4.74 Å². The Morgan fingerprint density at radius 3 is 2.67 bits per heavy atom. The average molecular weight is 351 g/mol. The van der Waals surface area contributed by atoms with Crippen molar-refractivity contribution in [2.24, 2.45) is 0 Å². The fourth-order valence-electron chi connectivity index (χ4n) is 2.53. The molecule has 0 saturated carbocycles. The van der Waals surface area contributed by atoms with E-state index in [1.165, 1.54) is 0 Å². The smallest absolute Gasteiger partial charge is 0.233 e. The summed E-state index contributed by atoms with van der Waals surface area (Å²) in [6.07, 6.45) is 1.46. The summed E-state index contributed by atoms with van der Waals surface area (Å²) in [4.78, 5) is 11.7. The second-order valence-electron chi connectivity index (χ2n) is 5.56. The normalized spacial score (nSPS) is 11.3. The van der Waals surface area contributed by atoms with E-state index in [2.05, 4.69) is 5.10 Å². The van der Waals surface area contributed by atoms with Crippen molar-refractivity contribution in [1.82, 2.24) is 14.5 Å². The van der Waals surface area contributed by atoms with E-state index in [0.29, 0.717) is 6.42 Å². The number of benzene rings is 1. The first-order chi connectivity index (χ1) is 11.2. The van der Waals surface area contributed by atoms with Gasteiger partial charge in [-0.2, -0.15) is 5.10 Å². The van der Waals surface area contributed by atoms with Crippen LogP contribution in [-0.2, 0) is 21.2 Å². The molecule has 2 aromatic rings. The van der Waals surface area contributed by atoms with Crippen LogP contribution in [0.5, 0.6) is 5.75 Å². The molecule has 1 N–H and O–H groups in total. The number of hydrogen-bond acceptors (Lipinski definition) is 5. The third kappa shape index (κ3) is 4.35. The van der Waals surface area contributed by atoms with Crippen LogP contribution in [0.2, 0.25) is 0 Å². The van der Waals surface area contributed by atoms with Gasteiger partial charge in [0.05, 0.1) is 24.7 Å². The number of hydrogen-bond donors (Lipinski definition) is 1. The van der Waals surface area contributed by atoms with Crippen LogP contribution in [0.3, 0.4) is 0 Å². The van der Waals surface area contributed by atoms with Crippen LogP contribution in [0.25, 0.3) is 5.69 Å². The molecule has 0 aliphatic heterocycles. The molecule has 0 saturated heterocycles. The predicted octanol–water partition coefficient (Wildman–Crippen LogP) is 1.51. The molecule has 1 heterocycles. The number of amides is 1. The maximum Gasteiger partial charge on any atom is 0.233 e. The largest absolute Gasteiger partial charge is 0.497 e. The number of aromatic nitrogens is 2. The number of rotatable bonds is 6. The molecule has 1 amide bonds. The van der Waals surface area contributed by atoms with Crippen LogP contribution in [0.1, 0.15) is 23.4 Å². The zero-order valence-electron chi connectivity index (χ0n) is 14.2. The zero-order chi connectivity index (χ0) is 17.9. The molecular weight excluding hydrogens is 330 g/mol. The van der Waals surface area contributed by atoms with Gasteiger partial charge in [0.15, 0.2) is 0 Å². The average Bonchev–Trinajstić information content (AvgIpc) is 2.78. The Hall–Kier alpha value is -2.35. The lowest BCUT2D eigenvalue weighted by atomic mass is 10.1. The Labute approximate surface area is 141 Å². The van der Waals surface area contributed by atoms with E-state index >= 15 is 0 Å². The molecule has 2 rings (SSSR count). The SMILES string of the molecule is COc1cccc(-n2nc(C)c(CCC(=O)NS(C)(=O)=O)c2C)c1. The van der Waals surface area contributed by atoms with Crippen LogP contribution >= 0.6 is 0 Å². The van der Waals surface area contributed by atoms with Crippen LogP contribution < -0.4 is 9.46 Å². The van der Waals surface area contributed by atoms with Gasteiger partial charge in [-0.05, 0) is 38.0 Å². The lowest BCUT2D eigenvalue weighted by Crippen LogP contribution is -2.29. The van der Waals surface area contributed by atoms with Crippen molar-refractivity contribution in [3.05, 3.63) is 41.2 Å². The third-order valence-electron chi connectivity index (χ3n) is 3.64. The minimum absolute atomic E-state index is 0.0819. The molecule has 0 fully saturated rings. The van der Waals surface area contributed by atoms with Gasteiger partial charge in [-0.1, -0.05) is 6.07 Å². The number of nitrogens with one attached hydrogen (secondary N) is 1. The molecule has 0 aliphatic rings. The molecule has 1 aromatic carbocycles. The number of carbonyl (C=O) groups is 1. The van der Waals surface area contributed by atoms with E-state index < -0.39 is 15.9 Å². The molecule has 8 heteroatoms. The quantitative estimate of drug-likeness (QED) is 0.852. The number of aryl methyl sites for hydroxylation is 1. The van der Waals surface area contributed by atoms with Crippen molar-refractivity contribution in [2.75, 3.05) is 13.4 Å². The number of ether oxygens (including phenoxy) is 1. The maximum absolute atomic E-state index is 11.7. The van der Waals surface area contributed by atoms with Crippen LogP contribution in [0, 0.1) is 13.8 Å². The third-order valence-corrected chi connectivity index (χ3v) is 4.24. The summed E-state index contributed by atoms with van der Waals surface area (Å²) in [6.45, 7) is 3.79. The molecule has 7 nitrogen and oxygen atoms in total. The minimum atomic E-state index is -3.53. The fourth-order valence-corrected chi connectivity index (χ4v) is 3.04. The summed E-state index contributed by atoms with van der Waals surface area (Å²) in [5.74, 6) is 0.208.